The number of carbonyl (C=O) groups is 2. The van der Waals surface area contributed by atoms with E-state index < -0.39 is 5.41 Å². The molecule has 1 aromatic carbocycles. The van der Waals surface area contributed by atoms with Gasteiger partial charge in [-0.2, -0.15) is 0 Å². The first-order valence-electron chi connectivity index (χ1n) is 7.07. The summed E-state index contributed by atoms with van der Waals surface area (Å²) in [5, 5.41) is 5.65. The number of halogens is 1. The molecule has 4 nitrogen and oxygen atoms in total. The van der Waals surface area contributed by atoms with Gasteiger partial charge in [0.15, 0.2) is 0 Å². The molecule has 0 aromatic heterocycles. The van der Waals surface area contributed by atoms with Crippen molar-refractivity contribution in [3.8, 4) is 0 Å². The Morgan fingerprint density at radius 2 is 1.90 bits per heavy atom. The van der Waals surface area contributed by atoms with Crippen molar-refractivity contribution in [3.63, 3.8) is 0 Å². The zero-order valence-corrected chi connectivity index (χ0v) is 14.8. The third-order valence-electron chi connectivity index (χ3n) is 3.54. The molecular weight excluding hydrogens is 332 g/mol. The number of rotatable bonds is 5. The van der Waals surface area contributed by atoms with Crippen LogP contribution in [0, 0.1) is 12.3 Å². The second-order valence-corrected chi connectivity index (χ2v) is 6.68. The van der Waals surface area contributed by atoms with E-state index in [9.17, 15) is 9.59 Å². The highest BCUT2D eigenvalue weighted by Crippen LogP contribution is 2.23. The van der Waals surface area contributed by atoms with Crippen molar-refractivity contribution in [2.75, 3.05) is 5.32 Å². The van der Waals surface area contributed by atoms with Crippen LogP contribution in [0.1, 0.15) is 39.7 Å². The lowest BCUT2D eigenvalue weighted by molar-refractivity contribution is -0.138. The molecule has 1 aromatic rings. The predicted octanol–water partition coefficient (Wildman–Crippen LogP) is 3.64. The molecule has 0 aliphatic heterocycles. The Kier molecular flexibility index (Phi) is 5.96. The molecule has 1 unspecified atom stereocenters. The van der Waals surface area contributed by atoms with Gasteiger partial charge in [0.2, 0.25) is 11.8 Å². The largest absolute Gasteiger partial charge is 0.353 e. The molecule has 2 amide bonds. The number of benzene rings is 1. The highest BCUT2D eigenvalue weighted by atomic mass is 79.9. The van der Waals surface area contributed by atoms with Crippen LogP contribution in [0.4, 0.5) is 5.69 Å². The SMILES string of the molecule is CCC(C)NC(=O)C(C)(C)C(=O)Nc1ccc(Br)c(C)c1. The summed E-state index contributed by atoms with van der Waals surface area (Å²) in [6, 6.07) is 5.60. The minimum absolute atomic E-state index is 0.0551. The van der Waals surface area contributed by atoms with Gasteiger partial charge in [0.05, 0.1) is 0 Å². The summed E-state index contributed by atoms with van der Waals surface area (Å²) < 4.78 is 0.981. The van der Waals surface area contributed by atoms with Crippen LogP contribution in [0.3, 0.4) is 0 Å². The van der Waals surface area contributed by atoms with Gasteiger partial charge in [-0.25, -0.2) is 0 Å². The van der Waals surface area contributed by atoms with Crippen LogP contribution in [0.25, 0.3) is 0 Å². The van der Waals surface area contributed by atoms with E-state index in [1.54, 1.807) is 19.9 Å². The summed E-state index contributed by atoms with van der Waals surface area (Å²) in [6.07, 6.45) is 0.829. The fourth-order valence-electron chi connectivity index (χ4n) is 1.62. The third kappa shape index (κ3) is 4.56. The number of aryl methyl sites for hydroxylation is 1. The van der Waals surface area contributed by atoms with Gasteiger partial charge in [0.1, 0.15) is 5.41 Å². The Hall–Kier alpha value is -1.36. The van der Waals surface area contributed by atoms with Crippen LogP contribution >= 0.6 is 15.9 Å². The molecule has 1 atom stereocenters. The summed E-state index contributed by atoms with van der Waals surface area (Å²) in [7, 11) is 0. The Balaban J connectivity index is 2.81. The number of nitrogens with one attached hydrogen (secondary N) is 2. The molecule has 0 spiro atoms. The second kappa shape index (κ2) is 7.07. The van der Waals surface area contributed by atoms with Gasteiger partial charge in [-0.15, -0.1) is 0 Å². The molecule has 21 heavy (non-hydrogen) atoms. The maximum atomic E-state index is 12.4. The minimum atomic E-state index is -1.12. The zero-order valence-electron chi connectivity index (χ0n) is 13.2. The number of amides is 2. The molecule has 0 saturated heterocycles. The summed E-state index contributed by atoms with van der Waals surface area (Å²) in [5.74, 6) is -0.576. The van der Waals surface area contributed by atoms with Crippen molar-refractivity contribution in [3.05, 3.63) is 28.2 Å². The van der Waals surface area contributed by atoms with Gasteiger partial charge in [0, 0.05) is 16.2 Å². The highest BCUT2D eigenvalue weighted by Gasteiger charge is 2.36. The lowest BCUT2D eigenvalue weighted by atomic mass is 9.90. The zero-order chi connectivity index (χ0) is 16.2. The Bertz CT molecular complexity index is 541. The lowest BCUT2D eigenvalue weighted by Crippen LogP contribution is -2.47. The molecule has 0 heterocycles. The van der Waals surface area contributed by atoms with Gasteiger partial charge in [-0.3, -0.25) is 9.59 Å². The Morgan fingerprint density at radius 3 is 2.43 bits per heavy atom. The van der Waals surface area contributed by atoms with Gasteiger partial charge in [-0.05, 0) is 57.9 Å². The van der Waals surface area contributed by atoms with Crippen molar-refractivity contribution in [1.82, 2.24) is 5.32 Å². The average molecular weight is 355 g/mol. The number of anilines is 1. The molecular formula is C16H23BrN2O2. The number of hydrogen-bond donors (Lipinski definition) is 2. The van der Waals surface area contributed by atoms with Crippen LogP contribution in [0.15, 0.2) is 22.7 Å². The van der Waals surface area contributed by atoms with E-state index in [1.807, 2.05) is 32.9 Å². The van der Waals surface area contributed by atoms with E-state index >= 15 is 0 Å². The first-order chi connectivity index (χ1) is 9.68. The first kappa shape index (κ1) is 17.7. The van der Waals surface area contributed by atoms with E-state index in [0.29, 0.717) is 5.69 Å². The van der Waals surface area contributed by atoms with Crippen LogP contribution in [-0.4, -0.2) is 17.9 Å². The maximum Gasteiger partial charge on any atom is 0.239 e. The molecule has 0 bridgehead atoms. The Labute approximate surface area is 134 Å². The van der Waals surface area contributed by atoms with Gasteiger partial charge < -0.3 is 10.6 Å². The molecule has 1 rings (SSSR count). The van der Waals surface area contributed by atoms with E-state index in [1.165, 1.54) is 0 Å². The van der Waals surface area contributed by atoms with Crippen LogP contribution in [0.2, 0.25) is 0 Å². The second-order valence-electron chi connectivity index (χ2n) is 5.83. The predicted molar refractivity (Wildman–Crippen MR) is 89.2 cm³/mol. The van der Waals surface area contributed by atoms with E-state index in [4.69, 9.17) is 0 Å². The maximum absolute atomic E-state index is 12.4. The molecule has 2 N–H and O–H groups in total. The van der Waals surface area contributed by atoms with Crippen LogP contribution in [0.5, 0.6) is 0 Å². The smallest absolute Gasteiger partial charge is 0.239 e. The normalized spacial score (nSPS) is 12.7. The van der Waals surface area contributed by atoms with Crippen molar-refractivity contribution >= 4 is 33.4 Å². The van der Waals surface area contributed by atoms with Crippen LogP contribution in [-0.2, 0) is 9.59 Å². The molecule has 5 heteroatoms. The summed E-state index contributed by atoms with van der Waals surface area (Å²) in [5.41, 5.74) is 0.588. The van der Waals surface area contributed by atoms with Gasteiger partial charge in [-0.1, -0.05) is 22.9 Å². The fourth-order valence-corrected chi connectivity index (χ4v) is 1.87. The van der Waals surface area contributed by atoms with Crippen molar-refractivity contribution < 1.29 is 9.59 Å². The summed E-state index contributed by atoms with van der Waals surface area (Å²) >= 11 is 3.42. The average Bonchev–Trinajstić information content (AvgIpc) is 2.42. The van der Waals surface area contributed by atoms with E-state index in [-0.39, 0.29) is 17.9 Å². The fraction of sp³-hybridized carbons (Fsp3) is 0.500. The van der Waals surface area contributed by atoms with E-state index in [2.05, 4.69) is 26.6 Å². The van der Waals surface area contributed by atoms with Gasteiger partial charge in [0.25, 0.3) is 0 Å². The van der Waals surface area contributed by atoms with Crippen molar-refractivity contribution in [1.29, 1.82) is 0 Å². The quantitative estimate of drug-likeness (QED) is 0.793. The molecule has 0 saturated carbocycles. The summed E-state index contributed by atoms with van der Waals surface area (Å²) in [4.78, 5) is 24.6. The standard InChI is InChI=1S/C16H23BrN2O2/c1-6-11(3)18-14(20)16(4,5)15(21)19-12-7-8-13(17)10(2)9-12/h7-9,11H,6H2,1-5H3,(H,18,20)(H,19,21). The van der Waals surface area contributed by atoms with Crippen LogP contribution < -0.4 is 10.6 Å². The highest BCUT2D eigenvalue weighted by molar-refractivity contribution is 9.10. The molecule has 0 aliphatic carbocycles. The Morgan fingerprint density at radius 1 is 1.29 bits per heavy atom. The molecule has 0 radical (unpaired) electrons. The monoisotopic (exact) mass is 354 g/mol. The molecule has 0 fully saturated rings. The first-order valence-corrected chi connectivity index (χ1v) is 7.86. The topological polar surface area (TPSA) is 58.2 Å². The molecule has 0 aliphatic rings. The number of carbonyl (C=O) groups excluding carboxylic acids is 2. The molecule has 116 valence electrons. The lowest BCUT2D eigenvalue weighted by Gasteiger charge is -2.25. The van der Waals surface area contributed by atoms with E-state index in [0.717, 1.165) is 16.5 Å². The summed E-state index contributed by atoms with van der Waals surface area (Å²) in [6.45, 7) is 9.12. The van der Waals surface area contributed by atoms with Gasteiger partial charge >= 0.3 is 0 Å². The third-order valence-corrected chi connectivity index (χ3v) is 4.43. The van der Waals surface area contributed by atoms with Crippen molar-refractivity contribution in [2.24, 2.45) is 5.41 Å². The number of hydrogen-bond acceptors (Lipinski definition) is 2. The minimum Gasteiger partial charge on any atom is -0.353 e. The van der Waals surface area contributed by atoms with Crippen molar-refractivity contribution in [2.45, 2.75) is 47.1 Å².